The maximum atomic E-state index is 12.9. The second-order valence-corrected chi connectivity index (χ2v) is 6.43. The first-order valence-corrected chi connectivity index (χ1v) is 8.27. The fourth-order valence-electron chi connectivity index (χ4n) is 2.72. The van der Waals surface area contributed by atoms with Gasteiger partial charge >= 0.3 is 5.97 Å². The third-order valence-corrected chi connectivity index (χ3v) is 4.45. The van der Waals surface area contributed by atoms with E-state index in [4.69, 9.17) is 16.7 Å². The Balaban J connectivity index is 1.83. The number of nitrogens with zero attached hydrogens (tertiary/aromatic N) is 1. The average molecular weight is 344 g/mol. The van der Waals surface area contributed by atoms with E-state index >= 15 is 0 Å². The van der Waals surface area contributed by atoms with Crippen LogP contribution in [-0.4, -0.2) is 27.9 Å². The lowest BCUT2D eigenvalue weighted by atomic mass is 10.1. The van der Waals surface area contributed by atoms with E-state index in [0.29, 0.717) is 22.7 Å². The van der Waals surface area contributed by atoms with E-state index in [0.717, 1.165) is 18.4 Å². The van der Waals surface area contributed by atoms with Crippen LogP contribution in [-0.2, 0) is 17.8 Å². The highest BCUT2D eigenvalue weighted by Gasteiger charge is 2.33. The third kappa shape index (κ3) is 3.95. The molecule has 0 unspecified atom stereocenters. The molecule has 1 aliphatic carbocycles. The maximum Gasteiger partial charge on any atom is 0.307 e. The quantitative estimate of drug-likeness (QED) is 0.868. The second-order valence-electron chi connectivity index (χ2n) is 6.03. The summed E-state index contributed by atoms with van der Waals surface area (Å²) in [6.07, 6.45) is 1.89. The Kier molecular flexibility index (Phi) is 4.86. The molecule has 2 aromatic rings. The Labute approximate surface area is 145 Å². The van der Waals surface area contributed by atoms with Crippen LogP contribution >= 0.6 is 11.6 Å². The average Bonchev–Trinajstić information content (AvgIpc) is 3.38. The predicted molar refractivity (Wildman–Crippen MR) is 92.1 cm³/mol. The lowest BCUT2D eigenvalue weighted by molar-refractivity contribution is -0.136. The van der Waals surface area contributed by atoms with Crippen LogP contribution in [0, 0.1) is 0 Å². The number of rotatable bonds is 6. The molecule has 0 heterocycles. The molecule has 0 atom stereocenters. The topological polar surface area (TPSA) is 57.6 Å². The van der Waals surface area contributed by atoms with Gasteiger partial charge in [0.2, 0.25) is 0 Å². The molecule has 1 saturated carbocycles. The minimum Gasteiger partial charge on any atom is -0.481 e. The minimum absolute atomic E-state index is 0.0790. The van der Waals surface area contributed by atoms with Gasteiger partial charge in [-0.05, 0) is 42.2 Å². The molecule has 3 rings (SSSR count). The number of halogens is 1. The molecule has 0 saturated heterocycles. The Morgan fingerprint density at radius 1 is 1.12 bits per heavy atom. The first-order chi connectivity index (χ1) is 11.5. The molecular weight excluding hydrogens is 326 g/mol. The van der Waals surface area contributed by atoms with Crippen LogP contribution in [0.5, 0.6) is 0 Å². The molecule has 5 heteroatoms. The minimum atomic E-state index is -0.908. The molecule has 0 aliphatic heterocycles. The summed E-state index contributed by atoms with van der Waals surface area (Å²) in [5.41, 5.74) is 2.07. The number of carbonyl (C=O) groups is 2. The Morgan fingerprint density at radius 3 is 2.54 bits per heavy atom. The van der Waals surface area contributed by atoms with Crippen molar-refractivity contribution in [2.24, 2.45) is 0 Å². The van der Waals surface area contributed by atoms with Crippen molar-refractivity contribution in [3.05, 3.63) is 70.2 Å². The van der Waals surface area contributed by atoms with Crippen LogP contribution in [0.1, 0.15) is 34.3 Å². The van der Waals surface area contributed by atoms with E-state index in [2.05, 4.69) is 0 Å². The highest BCUT2D eigenvalue weighted by molar-refractivity contribution is 6.31. The smallest absolute Gasteiger partial charge is 0.307 e. The van der Waals surface area contributed by atoms with E-state index in [1.807, 2.05) is 29.2 Å². The Morgan fingerprint density at radius 2 is 1.88 bits per heavy atom. The van der Waals surface area contributed by atoms with Crippen molar-refractivity contribution in [2.45, 2.75) is 31.8 Å². The summed E-state index contributed by atoms with van der Waals surface area (Å²) < 4.78 is 0. The molecule has 0 spiro atoms. The van der Waals surface area contributed by atoms with Crippen LogP contribution in [0.15, 0.2) is 48.5 Å². The molecular formula is C19H18ClNO3. The number of carboxylic acids is 1. The van der Waals surface area contributed by atoms with Gasteiger partial charge in [-0.2, -0.15) is 0 Å². The summed E-state index contributed by atoms with van der Waals surface area (Å²) in [6, 6.07) is 14.6. The van der Waals surface area contributed by atoms with E-state index in [9.17, 15) is 9.59 Å². The van der Waals surface area contributed by atoms with Gasteiger partial charge in [0.05, 0.1) is 6.42 Å². The highest BCUT2D eigenvalue weighted by atomic mass is 35.5. The van der Waals surface area contributed by atoms with Crippen molar-refractivity contribution in [2.75, 3.05) is 0 Å². The van der Waals surface area contributed by atoms with Crippen molar-refractivity contribution in [3.8, 4) is 0 Å². The van der Waals surface area contributed by atoms with Crippen molar-refractivity contribution in [1.29, 1.82) is 0 Å². The number of carboxylic acid groups (broad SMARTS) is 1. The van der Waals surface area contributed by atoms with Crippen LogP contribution in [0.3, 0.4) is 0 Å². The molecule has 2 aromatic carbocycles. The molecule has 0 aromatic heterocycles. The standard InChI is InChI=1S/C19H18ClNO3/c20-17-7-2-1-5-15(17)12-21(16-8-9-16)19(24)14-6-3-4-13(10-14)11-18(22)23/h1-7,10,16H,8-9,11-12H2,(H,22,23). The van der Waals surface area contributed by atoms with Gasteiger partial charge in [0.25, 0.3) is 5.91 Å². The first-order valence-electron chi connectivity index (χ1n) is 7.89. The highest BCUT2D eigenvalue weighted by Crippen LogP contribution is 2.31. The summed E-state index contributed by atoms with van der Waals surface area (Å²) in [6.45, 7) is 0.465. The molecule has 124 valence electrons. The molecule has 0 bridgehead atoms. The maximum absolute atomic E-state index is 12.9. The van der Waals surface area contributed by atoms with Crippen molar-refractivity contribution < 1.29 is 14.7 Å². The fourth-order valence-corrected chi connectivity index (χ4v) is 2.91. The van der Waals surface area contributed by atoms with Crippen molar-refractivity contribution >= 4 is 23.5 Å². The van der Waals surface area contributed by atoms with E-state index in [-0.39, 0.29) is 18.4 Å². The Bertz CT molecular complexity index is 771. The fraction of sp³-hybridized carbons (Fsp3) is 0.263. The van der Waals surface area contributed by atoms with Gasteiger partial charge in [-0.1, -0.05) is 41.9 Å². The van der Waals surface area contributed by atoms with Gasteiger partial charge in [-0.3, -0.25) is 9.59 Å². The number of carbonyl (C=O) groups excluding carboxylic acids is 1. The van der Waals surface area contributed by atoms with Crippen molar-refractivity contribution in [3.63, 3.8) is 0 Å². The Hall–Kier alpha value is -2.33. The molecule has 24 heavy (non-hydrogen) atoms. The number of aliphatic carboxylic acids is 1. The van der Waals surface area contributed by atoms with Crippen LogP contribution in [0.25, 0.3) is 0 Å². The summed E-state index contributed by atoms with van der Waals surface area (Å²) in [5.74, 6) is -0.987. The van der Waals surface area contributed by atoms with E-state index in [1.165, 1.54) is 0 Å². The van der Waals surface area contributed by atoms with Gasteiger partial charge in [-0.15, -0.1) is 0 Å². The molecule has 1 fully saturated rings. The normalized spacial score (nSPS) is 13.5. The second kappa shape index (κ2) is 7.05. The van der Waals surface area contributed by atoms with E-state index < -0.39 is 5.97 Å². The van der Waals surface area contributed by atoms with Crippen LogP contribution in [0.4, 0.5) is 0 Å². The van der Waals surface area contributed by atoms with Gasteiger partial charge in [-0.25, -0.2) is 0 Å². The number of benzene rings is 2. The molecule has 0 radical (unpaired) electrons. The lowest BCUT2D eigenvalue weighted by Crippen LogP contribution is -2.32. The number of hydrogen-bond donors (Lipinski definition) is 1. The first kappa shape index (κ1) is 16.5. The number of hydrogen-bond acceptors (Lipinski definition) is 2. The summed E-state index contributed by atoms with van der Waals surface area (Å²) in [7, 11) is 0. The molecule has 1 N–H and O–H groups in total. The third-order valence-electron chi connectivity index (χ3n) is 4.08. The van der Waals surface area contributed by atoms with Crippen LogP contribution in [0.2, 0.25) is 5.02 Å². The SMILES string of the molecule is O=C(O)Cc1cccc(C(=O)N(Cc2ccccc2Cl)C2CC2)c1. The summed E-state index contributed by atoms with van der Waals surface area (Å²) >= 11 is 6.22. The molecule has 1 aliphatic rings. The summed E-state index contributed by atoms with van der Waals surface area (Å²) in [4.78, 5) is 25.6. The largest absolute Gasteiger partial charge is 0.481 e. The monoisotopic (exact) mass is 343 g/mol. The van der Waals surface area contributed by atoms with Gasteiger partial charge in [0.15, 0.2) is 0 Å². The zero-order valence-corrected chi connectivity index (χ0v) is 13.9. The number of amides is 1. The van der Waals surface area contributed by atoms with Gasteiger partial charge in [0.1, 0.15) is 0 Å². The zero-order chi connectivity index (χ0) is 17.1. The molecule has 1 amide bonds. The lowest BCUT2D eigenvalue weighted by Gasteiger charge is -2.23. The predicted octanol–water partition coefficient (Wildman–Crippen LogP) is 3.77. The van der Waals surface area contributed by atoms with Gasteiger partial charge in [0, 0.05) is 23.2 Å². The van der Waals surface area contributed by atoms with E-state index in [1.54, 1.807) is 24.3 Å². The molecule has 4 nitrogen and oxygen atoms in total. The van der Waals surface area contributed by atoms with Crippen molar-refractivity contribution in [1.82, 2.24) is 4.90 Å². The summed E-state index contributed by atoms with van der Waals surface area (Å²) in [5, 5.41) is 9.57. The van der Waals surface area contributed by atoms with Gasteiger partial charge < -0.3 is 10.0 Å². The van der Waals surface area contributed by atoms with Crippen LogP contribution < -0.4 is 0 Å². The zero-order valence-electron chi connectivity index (χ0n) is 13.1.